The van der Waals surface area contributed by atoms with Gasteiger partial charge in [-0.05, 0) is 35.4 Å². The predicted octanol–water partition coefficient (Wildman–Crippen LogP) is -0.164. The summed E-state index contributed by atoms with van der Waals surface area (Å²) in [4.78, 5) is 40.4. The van der Waals surface area contributed by atoms with Crippen molar-refractivity contribution < 1.29 is 14.4 Å². The molecule has 3 heterocycles. The number of amides is 3. The van der Waals surface area contributed by atoms with Gasteiger partial charge in [0.05, 0.1) is 0 Å². The number of rotatable bonds is 3. The van der Waals surface area contributed by atoms with E-state index < -0.39 is 6.04 Å². The van der Waals surface area contributed by atoms with Crippen molar-refractivity contribution in [1.82, 2.24) is 15.1 Å². The maximum atomic E-state index is 12.8. The first-order valence-electron chi connectivity index (χ1n) is 9.26. The maximum absolute atomic E-state index is 12.8. The molecule has 5 rings (SSSR count). The van der Waals surface area contributed by atoms with Crippen LogP contribution in [0.15, 0.2) is 18.2 Å². The van der Waals surface area contributed by atoms with Crippen LogP contribution in [0.1, 0.15) is 34.3 Å². The highest BCUT2D eigenvalue weighted by molar-refractivity contribution is 6.05. The summed E-state index contributed by atoms with van der Waals surface area (Å²) < 4.78 is 0. The fraction of sp³-hybridized carbons (Fsp3) is 0.526. The summed E-state index contributed by atoms with van der Waals surface area (Å²) in [5, 5.41) is 2.35. The number of likely N-dealkylation sites (tertiary alicyclic amines) is 1. The molecule has 1 aromatic rings. The van der Waals surface area contributed by atoms with Gasteiger partial charge in [-0.2, -0.15) is 0 Å². The van der Waals surface area contributed by atoms with E-state index in [9.17, 15) is 14.4 Å². The summed E-state index contributed by atoms with van der Waals surface area (Å²) in [6.07, 6.45) is 0.674. The number of benzene rings is 1. The molecule has 3 amide bonds. The van der Waals surface area contributed by atoms with Crippen LogP contribution in [0.5, 0.6) is 0 Å². The molecule has 0 radical (unpaired) electrons. The van der Waals surface area contributed by atoms with Crippen molar-refractivity contribution in [2.24, 2.45) is 17.6 Å². The molecule has 7 heteroatoms. The number of fused-ring (bicyclic) bond motifs is 2. The molecule has 0 spiro atoms. The van der Waals surface area contributed by atoms with Crippen molar-refractivity contribution >= 4 is 17.7 Å². The van der Waals surface area contributed by atoms with Crippen molar-refractivity contribution in [1.29, 1.82) is 0 Å². The van der Waals surface area contributed by atoms with Gasteiger partial charge in [0.15, 0.2) is 0 Å². The Hall–Kier alpha value is -2.25. The highest BCUT2D eigenvalue weighted by Crippen LogP contribution is 2.44. The maximum Gasteiger partial charge on any atom is 0.255 e. The molecular weight excluding hydrogens is 332 g/mol. The summed E-state index contributed by atoms with van der Waals surface area (Å²) in [6.45, 7) is 3.32. The van der Waals surface area contributed by atoms with Gasteiger partial charge >= 0.3 is 0 Å². The normalized spacial score (nSPS) is 33.3. The van der Waals surface area contributed by atoms with Crippen LogP contribution in [0.4, 0.5) is 0 Å². The monoisotopic (exact) mass is 354 g/mol. The van der Waals surface area contributed by atoms with Crippen LogP contribution in [0.25, 0.3) is 0 Å². The Labute approximate surface area is 151 Å². The Morgan fingerprint density at radius 1 is 1.15 bits per heavy atom. The summed E-state index contributed by atoms with van der Waals surface area (Å²) in [7, 11) is 0. The molecule has 4 aliphatic rings. The third-order valence-corrected chi connectivity index (χ3v) is 6.41. The largest absolute Gasteiger partial charge is 0.327 e. The van der Waals surface area contributed by atoms with Gasteiger partial charge in [0, 0.05) is 44.2 Å². The van der Waals surface area contributed by atoms with E-state index >= 15 is 0 Å². The number of nitrogens with zero attached hydrogens (tertiary/aromatic N) is 2. The van der Waals surface area contributed by atoms with Gasteiger partial charge in [-0.1, -0.05) is 12.1 Å². The third kappa shape index (κ3) is 2.38. The van der Waals surface area contributed by atoms with Crippen molar-refractivity contribution in [3.05, 3.63) is 34.9 Å². The molecule has 1 aliphatic carbocycles. The van der Waals surface area contributed by atoms with Crippen LogP contribution in [-0.4, -0.2) is 52.7 Å². The molecular formula is C19H22N4O3. The number of hydrogen-bond donors (Lipinski definition) is 2. The minimum Gasteiger partial charge on any atom is -0.327 e. The van der Waals surface area contributed by atoms with Crippen molar-refractivity contribution in [2.45, 2.75) is 38.0 Å². The zero-order valence-electron chi connectivity index (χ0n) is 14.5. The van der Waals surface area contributed by atoms with Gasteiger partial charge in [0.25, 0.3) is 5.91 Å². The van der Waals surface area contributed by atoms with E-state index in [-0.39, 0.29) is 24.1 Å². The molecule has 1 saturated carbocycles. The lowest BCUT2D eigenvalue weighted by Gasteiger charge is -2.29. The fourth-order valence-corrected chi connectivity index (χ4v) is 4.83. The lowest BCUT2D eigenvalue weighted by Crippen LogP contribution is -2.52. The second kappa shape index (κ2) is 5.62. The number of carbonyl (C=O) groups excluding carboxylic acids is 3. The molecule has 0 bridgehead atoms. The van der Waals surface area contributed by atoms with Crippen LogP contribution in [0, 0.1) is 11.8 Å². The molecule has 3 fully saturated rings. The summed E-state index contributed by atoms with van der Waals surface area (Å²) in [5.74, 6) is 0.531. The lowest BCUT2D eigenvalue weighted by atomic mass is 10.0. The highest BCUT2D eigenvalue weighted by Gasteiger charge is 2.53. The Bertz CT molecular complexity index is 811. The van der Waals surface area contributed by atoms with E-state index in [0.29, 0.717) is 36.4 Å². The van der Waals surface area contributed by atoms with Crippen LogP contribution in [-0.2, 0) is 22.7 Å². The number of imide groups is 1. The van der Waals surface area contributed by atoms with E-state index in [2.05, 4.69) is 16.3 Å². The second-order valence-electron chi connectivity index (χ2n) is 7.94. The van der Waals surface area contributed by atoms with Gasteiger partial charge in [-0.3, -0.25) is 24.6 Å². The van der Waals surface area contributed by atoms with Crippen LogP contribution >= 0.6 is 0 Å². The minimum atomic E-state index is -0.558. The Morgan fingerprint density at radius 2 is 1.92 bits per heavy atom. The average molecular weight is 354 g/mol. The van der Waals surface area contributed by atoms with Gasteiger partial charge in [0.2, 0.25) is 11.8 Å². The van der Waals surface area contributed by atoms with E-state index in [1.54, 1.807) is 4.90 Å². The van der Waals surface area contributed by atoms with Gasteiger partial charge in [-0.15, -0.1) is 0 Å². The SMILES string of the molecule is NC1[C@H]2CN(Cc3cccc4c3CN(C3CCC(=O)NC3=O)C4=O)C[C@@H]12. The van der Waals surface area contributed by atoms with Crippen molar-refractivity contribution in [2.75, 3.05) is 13.1 Å². The van der Waals surface area contributed by atoms with Gasteiger partial charge in [0.1, 0.15) is 6.04 Å². The highest BCUT2D eigenvalue weighted by atomic mass is 16.2. The standard InChI is InChI=1S/C19H22N4O3/c20-17-13-7-22(8-14(13)17)6-10-2-1-3-11-12(10)9-23(19(11)26)15-4-5-16(24)21-18(15)25/h1-3,13-15,17H,4-9,20H2,(H,21,24,25)/t13-,14+,15?,17?. The molecule has 136 valence electrons. The molecule has 3 N–H and O–H groups in total. The number of piperidine rings is 2. The van der Waals surface area contributed by atoms with Gasteiger partial charge < -0.3 is 10.6 Å². The lowest BCUT2D eigenvalue weighted by molar-refractivity contribution is -0.136. The van der Waals surface area contributed by atoms with Crippen molar-refractivity contribution in [3.63, 3.8) is 0 Å². The van der Waals surface area contributed by atoms with E-state index in [4.69, 9.17) is 5.73 Å². The molecule has 7 nitrogen and oxygen atoms in total. The van der Waals surface area contributed by atoms with Crippen molar-refractivity contribution in [3.8, 4) is 0 Å². The average Bonchev–Trinajstić information content (AvgIpc) is 2.97. The third-order valence-electron chi connectivity index (χ3n) is 6.41. The Morgan fingerprint density at radius 3 is 2.65 bits per heavy atom. The molecule has 2 saturated heterocycles. The zero-order valence-corrected chi connectivity index (χ0v) is 14.5. The first kappa shape index (κ1) is 16.0. The van der Waals surface area contributed by atoms with Crippen LogP contribution < -0.4 is 11.1 Å². The van der Waals surface area contributed by atoms with E-state index in [0.717, 1.165) is 30.8 Å². The summed E-state index contributed by atoms with van der Waals surface area (Å²) >= 11 is 0. The number of nitrogens with two attached hydrogens (primary N) is 1. The molecule has 0 aromatic heterocycles. The second-order valence-corrected chi connectivity index (χ2v) is 7.94. The van der Waals surface area contributed by atoms with E-state index in [1.165, 1.54) is 0 Å². The molecule has 4 atom stereocenters. The molecule has 2 unspecified atom stereocenters. The molecule has 3 aliphatic heterocycles. The summed E-state index contributed by atoms with van der Waals surface area (Å²) in [5.41, 5.74) is 8.88. The number of carbonyl (C=O) groups is 3. The predicted molar refractivity (Wildman–Crippen MR) is 92.7 cm³/mol. The fourth-order valence-electron chi connectivity index (χ4n) is 4.83. The molecule has 1 aromatic carbocycles. The molecule has 26 heavy (non-hydrogen) atoms. The van der Waals surface area contributed by atoms with Crippen LogP contribution in [0.3, 0.4) is 0 Å². The topological polar surface area (TPSA) is 95.7 Å². The smallest absolute Gasteiger partial charge is 0.255 e. The Balaban J connectivity index is 1.35. The summed E-state index contributed by atoms with van der Waals surface area (Å²) in [6, 6.07) is 5.65. The number of hydrogen-bond acceptors (Lipinski definition) is 5. The minimum absolute atomic E-state index is 0.109. The number of nitrogens with one attached hydrogen (secondary N) is 1. The van der Waals surface area contributed by atoms with Crippen LogP contribution in [0.2, 0.25) is 0 Å². The first-order chi connectivity index (χ1) is 12.5. The van der Waals surface area contributed by atoms with Gasteiger partial charge in [-0.25, -0.2) is 0 Å². The zero-order chi connectivity index (χ0) is 18.0. The van der Waals surface area contributed by atoms with E-state index in [1.807, 2.05) is 12.1 Å². The Kier molecular flexibility index (Phi) is 3.45. The quantitative estimate of drug-likeness (QED) is 0.735. The first-order valence-corrected chi connectivity index (χ1v) is 9.26.